The number of hydrogen-bond donors (Lipinski definition) is 1. The average molecular weight is 289 g/mol. The Morgan fingerprint density at radius 1 is 1.14 bits per heavy atom. The van der Waals surface area contributed by atoms with Crippen LogP contribution in [0.4, 0.5) is 0 Å². The molecule has 1 fully saturated rings. The molecule has 0 aromatic heterocycles. The van der Waals surface area contributed by atoms with Crippen molar-refractivity contribution in [2.75, 3.05) is 6.54 Å². The highest BCUT2D eigenvalue weighted by Gasteiger charge is 2.35. The fourth-order valence-electron chi connectivity index (χ4n) is 2.90. The van der Waals surface area contributed by atoms with Crippen LogP contribution < -0.4 is 5.32 Å². The highest BCUT2D eigenvalue weighted by atomic mass is 16.5. The summed E-state index contributed by atoms with van der Waals surface area (Å²) in [7, 11) is 0. The molecule has 0 unspecified atom stereocenters. The van der Waals surface area contributed by atoms with Gasteiger partial charge in [-0.25, -0.2) is 0 Å². The van der Waals surface area contributed by atoms with Crippen LogP contribution in [0, 0.1) is 5.92 Å². The minimum atomic E-state index is 0.00955. The lowest BCUT2D eigenvalue weighted by atomic mass is 9.79. The van der Waals surface area contributed by atoms with E-state index < -0.39 is 0 Å². The summed E-state index contributed by atoms with van der Waals surface area (Å²) in [6, 6.07) is 10.5. The van der Waals surface area contributed by atoms with Crippen molar-refractivity contribution in [2.45, 2.75) is 71.1 Å². The first kappa shape index (κ1) is 16.5. The van der Waals surface area contributed by atoms with Gasteiger partial charge in [-0.3, -0.25) is 0 Å². The number of hydrogen-bond acceptors (Lipinski definition) is 2. The second-order valence-corrected chi connectivity index (χ2v) is 7.74. The predicted molar refractivity (Wildman–Crippen MR) is 89.3 cm³/mol. The molecule has 0 heterocycles. The van der Waals surface area contributed by atoms with Crippen molar-refractivity contribution in [2.24, 2.45) is 5.92 Å². The summed E-state index contributed by atoms with van der Waals surface area (Å²) >= 11 is 0. The average Bonchev–Trinajstić information content (AvgIpc) is 2.46. The van der Waals surface area contributed by atoms with Crippen LogP contribution in [0.1, 0.15) is 58.9 Å². The number of nitrogens with one attached hydrogen (secondary N) is 1. The van der Waals surface area contributed by atoms with Crippen LogP contribution >= 0.6 is 0 Å². The predicted octanol–water partition coefficient (Wildman–Crippen LogP) is 4.54. The molecular weight excluding hydrogens is 258 g/mol. The molecule has 0 aliphatic heterocycles. The fourth-order valence-corrected chi connectivity index (χ4v) is 2.90. The van der Waals surface area contributed by atoms with Gasteiger partial charge in [-0.05, 0) is 57.9 Å². The molecule has 1 aromatic carbocycles. The normalized spacial score (nSPS) is 26.8. The summed E-state index contributed by atoms with van der Waals surface area (Å²) in [6.07, 6.45) is 4.90. The number of rotatable bonds is 5. The topological polar surface area (TPSA) is 21.3 Å². The van der Waals surface area contributed by atoms with E-state index in [4.69, 9.17) is 4.74 Å². The van der Waals surface area contributed by atoms with E-state index in [-0.39, 0.29) is 11.1 Å². The van der Waals surface area contributed by atoms with Crippen LogP contribution in [0.15, 0.2) is 30.3 Å². The van der Waals surface area contributed by atoms with E-state index in [0.29, 0.717) is 0 Å². The fraction of sp³-hybridized carbons (Fsp3) is 0.684. The maximum Gasteiger partial charge on any atom is 0.0811 e. The maximum absolute atomic E-state index is 6.44. The molecule has 1 saturated carbocycles. The van der Waals surface area contributed by atoms with Crippen molar-refractivity contribution >= 4 is 0 Å². The van der Waals surface area contributed by atoms with Gasteiger partial charge in [0.05, 0.1) is 12.2 Å². The Balaban J connectivity index is 1.98. The molecule has 0 bridgehead atoms. The highest BCUT2D eigenvalue weighted by molar-refractivity contribution is 5.13. The van der Waals surface area contributed by atoms with Gasteiger partial charge in [0, 0.05) is 12.1 Å². The van der Waals surface area contributed by atoms with Crippen molar-refractivity contribution in [3.8, 4) is 0 Å². The molecule has 2 rings (SSSR count). The Hall–Kier alpha value is -0.860. The quantitative estimate of drug-likeness (QED) is 0.859. The molecule has 1 aromatic rings. The maximum atomic E-state index is 6.44. The number of benzene rings is 1. The van der Waals surface area contributed by atoms with Crippen molar-refractivity contribution in [1.29, 1.82) is 0 Å². The van der Waals surface area contributed by atoms with Gasteiger partial charge in [0.2, 0.25) is 0 Å². The van der Waals surface area contributed by atoms with Crippen LogP contribution in [0.3, 0.4) is 0 Å². The SMILES string of the molecule is CC1CCC(CNC(C)(C)C)(OCc2ccccc2)CC1. The lowest BCUT2D eigenvalue weighted by molar-refractivity contribution is -0.0875. The third kappa shape index (κ3) is 5.44. The van der Waals surface area contributed by atoms with Gasteiger partial charge >= 0.3 is 0 Å². The van der Waals surface area contributed by atoms with E-state index in [1.807, 2.05) is 0 Å². The summed E-state index contributed by atoms with van der Waals surface area (Å²) in [5.41, 5.74) is 1.42. The zero-order valence-electron chi connectivity index (χ0n) is 14.1. The van der Waals surface area contributed by atoms with Crippen LogP contribution in [-0.4, -0.2) is 17.7 Å². The van der Waals surface area contributed by atoms with Gasteiger partial charge in [-0.15, -0.1) is 0 Å². The molecule has 118 valence electrons. The summed E-state index contributed by atoms with van der Waals surface area (Å²) in [5, 5.41) is 3.66. The van der Waals surface area contributed by atoms with Crippen molar-refractivity contribution in [3.63, 3.8) is 0 Å². The Kier molecular flexibility index (Phi) is 5.45. The van der Waals surface area contributed by atoms with E-state index >= 15 is 0 Å². The summed E-state index contributed by atoms with van der Waals surface area (Å²) in [5.74, 6) is 0.841. The van der Waals surface area contributed by atoms with Crippen LogP contribution in [-0.2, 0) is 11.3 Å². The van der Waals surface area contributed by atoms with Gasteiger partial charge in [0.1, 0.15) is 0 Å². The van der Waals surface area contributed by atoms with E-state index in [0.717, 1.165) is 19.1 Å². The van der Waals surface area contributed by atoms with E-state index in [2.05, 4.69) is 63.3 Å². The molecule has 1 aliphatic rings. The zero-order chi connectivity index (χ0) is 15.3. The molecule has 0 atom stereocenters. The van der Waals surface area contributed by atoms with Gasteiger partial charge < -0.3 is 10.1 Å². The van der Waals surface area contributed by atoms with E-state index in [9.17, 15) is 0 Å². The molecule has 2 nitrogen and oxygen atoms in total. The first-order valence-corrected chi connectivity index (χ1v) is 8.32. The molecule has 0 amide bonds. The Morgan fingerprint density at radius 3 is 2.33 bits per heavy atom. The molecule has 0 spiro atoms. The minimum Gasteiger partial charge on any atom is -0.369 e. The molecule has 1 aliphatic carbocycles. The third-order valence-corrected chi connectivity index (χ3v) is 4.51. The minimum absolute atomic E-state index is 0.00955. The van der Waals surface area contributed by atoms with E-state index in [1.54, 1.807) is 0 Å². The van der Waals surface area contributed by atoms with Crippen LogP contribution in [0.25, 0.3) is 0 Å². The van der Waals surface area contributed by atoms with Crippen molar-refractivity contribution in [3.05, 3.63) is 35.9 Å². The first-order chi connectivity index (χ1) is 9.89. The van der Waals surface area contributed by atoms with E-state index in [1.165, 1.54) is 31.2 Å². The zero-order valence-corrected chi connectivity index (χ0v) is 14.1. The lowest BCUT2D eigenvalue weighted by Gasteiger charge is -2.41. The van der Waals surface area contributed by atoms with Gasteiger partial charge in [0.25, 0.3) is 0 Å². The molecule has 0 radical (unpaired) electrons. The lowest BCUT2D eigenvalue weighted by Crippen LogP contribution is -2.50. The van der Waals surface area contributed by atoms with Crippen LogP contribution in [0.5, 0.6) is 0 Å². The standard InChI is InChI=1S/C19H31NO/c1-16-10-12-19(13-11-16,15-20-18(2,3)4)21-14-17-8-6-5-7-9-17/h5-9,16,20H,10-15H2,1-4H3. The molecule has 1 N–H and O–H groups in total. The summed E-state index contributed by atoms with van der Waals surface area (Å²) in [4.78, 5) is 0. The highest BCUT2D eigenvalue weighted by Crippen LogP contribution is 2.35. The third-order valence-electron chi connectivity index (χ3n) is 4.51. The first-order valence-electron chi connectivity index (χ1n) is 8.32. The van der Waals surface area contributed by atoms with Gasteiger partial charge in [-0.2, -0.15) is 0 Å². The van der Waals surface area contributed by atoms with Crippen LogP contribution in [0.2, 0.25) is 0 Å². The molecular formula is C19H31NO. The smallest absolute Gasteiger partial charge is 0.0811 e. The Labute approximate surface area is 130 Å². The summed E-state index contributed by atoms with van der Waals surface area (Å²) in [6.45, 7) is 10.7. The van der Waals surface area contributed by atoms with Crippen molar-refractivity contribution in [1.82, 2.24) is 5.32 Å². The van der Waals surface area contributed by atoms with Gasteiger partial charge in [-0.1, -0.05) is 37.3 Å². The van der Waals surface area contributed by atoms with Crippen molar-refractivity contribution < 1.29 is 4.74 Å². The molecule has 0 saturated heterocycles. The Bertz CT molecular complexity index is 413. The molecule has 2 heteroatoms. The number of ether oxygens (including phenoxy) is 1. The monoisotopic (exact) mass is 289 g/mol. The second-order valence-electron chi connectivity index (χ2n) is 7.74. The largest absolute Gasteiger partial charge is 0.369 e. The van der Waals surface area contributed by atoms with Gasteiger partial charge in [0.15, 0.2) is 0 Å². The Morgan fingerprint density at radius 2 is 1.76 bits per heavy atom. The summed E-state index contributed by atoms with van der Waals surface area (Å²) < 4.78 is 6.44. The second kappa shape index (κ2) is 6.93. The molecule has 21 heavy (non-hydrogen) atoms.